The molecule has 0 aliphatic carbocycles. The monoisotopic (exact) mass is 219 g/mol. The third-order valence-corrected chi connectivity index (χ3v) is 1.93. The van der Waals surface area contributed by atoms with Crippen LogP contribution in [-0.4, -0.2) is 23.9 Å². The highest BCUT2D eigenvalue weighted by Gasteiger charge is 2.38. The molecule has 1 atom stereocenters. The van der Waals surface area contributed by atoms with E-state index >= 15 is 0 Å². The summed E-state index contributed by atoms with van der Waals surface area (Å²) in [7, 11) is 0. The molecule has 0 aliphatic rings. The molecule has 0 amide bonds. The second-order valence-corrected chi connectivity index (χ2v) is 3.12. The summed E-state index contributed by atoms with van der Waals surface area (Å²) in [4.78, 5) is 0. The van der Waals surface area contributed by atoms with E-state index in [1.165, 1.54) is 0 Å². The Morgan fingerprint density at radius 3 is 2.27 bits per heavy atom. The van der Waals surface area contributed by atoms with Gasteiger partial charge < -0.3 is 10.4 Å². The van der Waals surface area contributed by atoms with Gasteiger partial charge in [-0.1, -0.05) is 18.2 Å². The standard InChI is InChI=1S/C10H12F3NO/c11-10(12,13)9(6-7-15)14-8-4-2-1-3-5-8/h1-5,9,14-15H,6-7H2/t9-/m1/s1. The maximum Gasteiger partial charge on any atom is 0.408 e. The fourth-order valence-corrected chi connectivity index (χ4v) is 1.18. The molecule has 5 heteroatoms. The van der Waals surface area contributed by atoms with Crippen LogP contribution in [0.3, 0.4) is 0 Å². The Kier molecular flexibility index (Phi) is 3.96. The molecule has 0 radical (unpaired) electrons. The van der Waals surface area contributed by atoms with Gasteiger partial charge in [0.05, 0.1) is 0 Å². The lowest BCUT2D eigenvalue weighted by Crippen LogP contribution is -2.36. The van der Waals surface area contributed by atoms with Gasteiger partial charge >= 0.3 is 6.18 Å². The SMILES string of the molecule is OCC[C@@H](Nc1ccccc1)C(F)(F)F. The predicted octanol–water partition coefficient (Wildman–Crippen LogP) is 2.41. The normalized spacial score (nSPS) is 13.6. The van der Waals surface area contributed by atoms with Crippen LogP contribution in [-0.2, 0) is 0 Å². The summed E-state index contributed by atoms with van der Waals surface area (Å²) in [5.41, 5.74) is 0.397. The molecule has 84 valence electrons. The van der Waals surface area contributed by atoms with E-state index in [2.05, 4.69) is 5.32 Å². The molecule has 0 saturated carbocycles. The number of benzene rings is 1. The summed E-state index contributed by atoms with van der Waals surface area (Å²) in [5.74, 6) is 0. The molecule has 0 spiro atoms. The molecule has 0 saturated heterocycles. The summed E-state index contributed by atoms with van der Waals surface area (Å²) in [6.07, 6.45) is -4.70. The highest BCUT2D eigenvalue weighted by Crippen LogP contribution is 2.25. The van der Waals surface area contributed by atoms with Crippen LogP contribution in [0.2, 0.25) is 0 Å². The lowest BCUT2D eigenvalue weighted by Gasteiger charge is -2.21. The number of hydrogen-bond donors (Lipinski definition) is 2. The van der Waals surface area contributed by atoms with E-state index in [1.807, 2.05) is 0 Å². The third-order valence-electron chi connectivity index (χ3n) is 1.93. The first-order valence-corrected chi connectivity index (χ1v) is 4.53. The van der Waals surface area contributed by atoms with Gasteiger partial charge in [-0.3, -0.25) is 0 Å². The van der Waals surface area contributed by atoms with Gasteiger partial charge in [-0.25, -0.2) is 0 Å². The largest absolute Gasteiger partial charge is 0.408 e. The first kappa shape index (κ1) is 11.8. The minimum absolute atomic E-state index is 0.349. The van der Waals surface area contributed by atoms with Gasteiger partial charge in [0.25, 0.3) is 0 Å². The van der Waals surface area contributed by atoms with Crippen LogP contribution in [0, 0.1) is 0 Å². The Bertz CT molecular complexity index is 286. The number of nitrogens with one attached hydrogen (secondary N) is 1. The number of halogens is 3. The number of anilines is 1. The van der Waals surface area contributed by atoms with Crippen molar-refractivity contribution in [2.75, 3.05) is 11.9 Å². The Hall–Kier alpha value is -1.23. The van der Waals surface area contributed by atoms with Crippen LogP contribution in [0.25, 0.3) is 0 Å². The van der Waals surface area contributed by atoms with Crippen LogP contribution in [0.4, 0.5) is 18.9 Å². The molecule has 0 unspecified atom stereocenters. The molecule has 15 heavy (non-hydrogen) atoms. The van der Waals surface area contributed by atoms with Crippen molar-refractivity contribution in [3.05, 3.63) is 30.3 Å². The topological polar surface area (TPSA) is 32.3 Å². The molecule has 2 nitrogen and oxygen atoms in total. The second-order valence-electron chi connectivity index (χ2n) is 3.12. The van der Waals surface area contributed by atoms with Crippen molar-refractivity contribution in [3.8, 4) is 0 Å². The molecule has 0 heterocycles. The van der Waals surface area contributed by atoms with Crippen molar-refractivity contribution < 1.29 is 18.3 Å². The average molecular weight is 219 g/mol. The van der Waals surface area contributed by atoms with Crippen molar-refractivity contribution in [1.82, 2.24) is 0 Å². The Morgan fingerprint density at radius 1 is 1.20 bits per heavy atom. The summed E-state index contributed by atoms with van der Waals surface area (Å²) < 4.78 is 37.3. The molecule has 1 rings (SSSR count). The number of hydrogen-bond acceptors (Lipinski definition) is 2. The Morgan fingerprint density at radius 2 is 1.80 bits per heavy atom. The maximum absolute atomic E-state index is 12.4. The molecule has 0 fully saturated rings. The van der Waals surface area contributed by atoms with Crippen molar-refractivity contribution >= 4 is 5.69 Å². The number of para-hydroxylation sites is 1. The van der Waals surface area contributed by atoms with Crippen molar-refractivity contribution in [3.63, 3.8) is 0 Å². The van der Waals surface area contributed by atoms with E-state index < -0.39 is 18.8 Å². The van der Waals surface area contributed by atoms with Gasteiger partial charge in [0.2, 0.25) is 0 Å². The van der Waals surface area contributed by atoms with E-state index in [9.17, 15) is 13.2 Å². The predicted molar refractivity (Wildman–Crippen MR) is 51.6 cm³/mol. The summed E-state index contributed by atoms with van der Waals surface area (Å²) in [6.45, 7) is -0.496. The Labute approximate surface area is 85.7 Å². The van der Waals surface area contributed by atoms with E-state index in [1.54, 1.807) is 30.3 Å². The van der Waals surface area contributed by atoms with Crippen LogP contribution in [0.5, 0.6) is 0 Å². The molecule has 1 aromatic carbocycles. The van der Waals surface area contributed by atoms with Gasteiger partial charge in [-0.2, -0.15) is 13.2 Å². The van der Waals surface area contributed by atoms with Gasteiger partial charge in [-0.05, 0) is 18.6 Å². The lowest BCUT2D eigenvalue weighted by atomic mass is 10.2. The van der Waals surface area contributed by atoms with Crippen LogP contribution in [0.15, 0.2) is 30.3 Å². The van der Waals surface area contributed by atoms with Gasteiger partial charge in [0.15, 0.2) is 0 Å². The number of rotatable bonds is 4. The molecule has 0 bridgehead atoms. The lowest BCUT2D eigenvalue weighted by molar-refractivity contribution is -0.145. The highest BCUT2D eigenvalue weighted by atomic mass is 19.4. The average Bonchev–Trinajstić information content (AvgIpc) is 2.17. The summed E-state index contributed by atoms with van der Waals surface area (Å²) in [5, 5.41) is 10.9. The minimum atomic E-state index is -4.35. The smallest absolute Gasteiger partial charge is 0.396 e. The van der Waals surface area contributed by atoms with Gasteiger partial charge in [0, 0.05) is 12.3 Å². The minimum Gasteiger partial charge on any atom is -0.396 e. The molecule has 0 aliphatic heterocycles. The second kappa shape index (κ2) is 5.02. The zero-order valence-corrected chi connectivity index (χ0v) is 7.96. The molecule has 0 aromatic heterocycles. The highest BCUT2D eigenvalue weighted by molar-refractivity contribution is 5.43. The molecule has 1 aromatic rings. The van der Waals surface area contributed by atoms with Gasteiger partial charge in [-0.15, -0.1) is 0 Å². The summed E-state index contributed by atoms with van der Waals surface area (Å²) in [6, 6.07) is 6.42. The zero-order valence-electron chi connectivity index (χ0n) is 7.96. The third kappa shape index (κ3) is 3.79. The quantitative estimate of drug-likeness (QED) is 0.815. The van der Waals surface area contributed by atoms with E-state index in [0.717, 1.165) is 0 Å². The van der Waals surface area contributed by atoms with Crippen molar-refractivity contribution in [2.24, 2.45) is 0 Å². The summed E-state index contributed by atoms with van der Waals surface area (Å²) >= 11 is 0. The zero-order chi connectivity index (χ0) is 11.3. The first-order chi connectivity index (χ1) is 7.04. The van der Waals surface area contributed by atoms with Crippen molar-refractivity contribution in [2.45, 2.75) is 18.6 Å². The molecular weight excluding hydrogens is 207 g/mol. The molecule has 2 N–H and O–H groups in total. The van der Waals surface area contributed by atoms with Crippen LogP contribution >= 0.6 is 0 Å². The molecular formula is C10H12F3NO. The Balaban J connectivity index is 2.67. The van der Waals surface area contributed by atoms with Crippen LogP contribution < -0.4 is 5.32 Å². The van der Waals surface area contributed by atoms with E-state index in [-0.39, 0.29) is 6.42 Å². The maximum atomic E-state index is 12.4. The van der Waals surface area contributed by atoms with E-state index in [4.69, 9.17) is 5.11 Å². The number of aliphatic hydroxyl groups is 1. The first-order valence-electron chi connectivity index (χ1n) is 4.53. The number of alkyl halides is 3. The van der Waals surface area contributed by atoms with Crippen LogP contribution in [0.1, 0.15) is 6.42 Å². The number of aliphatic hydroxyl groups excluding tert-OH is 1. The fourth-order valence-electron chi connectivity index (χ4n) is 1.18. The van der Waals surface area contributed by atoms with Crippen molar-refractivity contribution in [1.29, 1.82) is 0 Å². The van der Waals surface area contributed by atoms with E-state index in [0.29, 0.717) is 5.69 Å². The fraction of sp³-hybridized carbons (Fsp3) is 0.400. The van der Waals surface area contributed by atoms with Gasteiger partial charge in [0.1, 0.15) is 6.04 Å².